The van der Waals surface area contributed by atoms with Crippen LogP contribution in [0.4, 0.5) is 0 Å². The summed E-state index contributed by atoms with van der Waals surface area (Å²) in [7, 11) is 0. The summed E-state index contributed by atoms with van der Waals surface area (Å²) in [5.41, 5.74) is 5.66. The summed E-state index contributed by atoms with van der Waals surface area (Å²) in [6.07, 6.45) is 6.88. The first kappa shape index (κ1) is 17.7. The molecule has 2 aliphatic rings. The quantitative estimate of drug-likeness (QED) is 0.738. The predicted octanol–water partition coefficient (Wildman–Crippen LogP) is 4.11. The van der Waals surface area contributed by atoms with Crippen molar-refractivity contribution in [2.45, 2.75) is 44.2 Å². The van der Waals surface area contributed by atoms with E-state index >= 15 is 0 Å². The molecule has 1 fully saturated rings. The lowest BCUT2D eigenvalue weighted by atomic mass is 9.91. The van der Waals surface area contributed by atoms with E-state index in [0.717, 1.165) is 43.2 Å². The topological polar surface area (TPSA) is 72.8 Å². The van der Waals surface area contributed by atoms with Crippen molar-refractivity contribution in [3.8, 4) is 17.2 Å². The van der Waals surface area contributed by atoms with E-state index in [1.54, 1.807) is 0 Å². The van der Waals surface area contributed by atoms with Gasteiger partial charge in [0.1, 0.15) is 0 Å². The van der Waals surface area contributed by atoms with Gasteiger partial charge >= 0.3 is 0 Å². The molecule has 3 aromatic rings. The lowest BCUT2D eigenvalue weighted by Crippen LogP contribution is -2.44. The highest BCUT2D eigenvalue weighted by Gasteiger charge is 2.39. The van der Waals surface area contributed by atoms with Crippen LogP contribution >= 0.6 is 0 Å². The summed E-state index contributed by atoms with van der Waals surface area (Å²) < 4.78 is 0. The van der Waals surface area contributed by atoms with Crippen molar-refractivity contribution >= 4 is 5.91 Å². The van der Waals surface area contributed by atoms with E-state index in [4.69, 9.17) is 0 Å². The molecule has 2 aliphatic carbocycles. The number of nitriles is 1. The zero-order valence-electron chi connectivity index (χ0n) is 16.1. The number of fused-ring (bicyclic) bond motifs is 1. The fourth-order valence-electron chi connectivity index (χ4n) is 4.39. The lowest BCUT2D eigenvalue weighted by molar-refractivity contribution is 0.0643. The van der Waals surface area contributed by atoms with Crippen molar-refractivity contribution in [1.82, 2.24) is 15.1 Å². The van der Waals surface area contributed by atoms with Crippen LogP contribution in [0.5, 0.6) is 0 Å². The minimum atomic E-state index is 0.115. The third-order valence-corrected chi connectivity index (χ3v) is 6.05. The smallest absolute Gasteiger partial charge is 0.254 e. The van der Waals surface area contributed by atoms with Crippen LogP contribution in [-0.2, 0) is 12.8 Å². The van der Waals surface area contributed by atoms with Crippen LogP contribution in [0.1, 0.15) is 46.4 Å². The first-order valence-corrected chi connectivity index (χ1v) is 10.2. The molecule has 0 spiro atoms. The maximum atomic E-state index is 13.4. The Hall–Kier alpha value is -3.39. The Morgan fingerprint density at radius 3 is 2.62 bits per heavy atom. The van der Waals surface area contributed by atoms with Gasteiger partial charge in [-0.2, -0.15) is 10.4 Å². The number of amides is 1. The highest BCUT2D eigenvalue weighted by atomic mass is 16.2. The molecule has 1 N–H and O–H groups in total. The molecule has 5 heteroatoms. The summed E-state index contributed by atoms with van der Waals surface area (Å²) >= 11 is 0. The molecule has 1 saturated carbocycles. The van der Waals surface area contributed by atoms with E-state index in [2.05, 4.69) is 21.2 Å². The number of nitrogens with zero attached hydrogens (tertiary/aromatic N) is 3. The molecular weight excluding hydrogens is 360 g/mol. The minimum Gasteiger partial charge on any atom is -0.332 e. The maximum absolute atomic E-state index is 13.4. The zero-order chi connectivity index (χ0) is 19.8. The second-order valence-electron chi connectivity index (χ2n) is 7.95. The van der Waals surface area contributed by atoms with Gasteiger partial charge in [-0.1, -0.05) is 30.3 Å². The van der Waals surface area contributed by atoms with Crippen LogP contribution < -0.4 is 0 Å². The summed E-state index contributed by atoms with van der Waals surface area (Å²) in [6.45, 7) is 0. The SMILES string of the molecule is N#Cc1ccccc1-c1ccc(C(=O)N(C2CC2)C2CCc3[nH]ncc3C2)cc1. The van der Waals surface area contributed by atoms with Crippen LogP contribution in [0.2, 0.25) is 0 Å². The number of carbonyl (C=O) groups is 1. The van der Waals surface area contributed by atoms with Gasteiger partial charge in [-0.3, -0.25) is 9.89 Å². The molecule has 0 aliphatic heterocycles. The summed E-state index contributed by atoms with van der Waals surface area (Å²) in [5, 5.41) is 16.6. The van der Waals surface area contributed by atoms with E-state index < -0.39 is 0 Å². The molecule has 5 rings (SSSR count). The molecule has 1 amide bonds. The third-order valence-electron chi connectivity index (χ3n) is 6.05. The number of nitrogens with one attached hydrogen (secondary N) is 1. The zero-order valence-corrected chi connectivity index (χ0v) is 16.1. The number of aromatic amines is 1. The van der Waals surface area contributed by atoms with E-state index in [1.165, 1.54) is 11.3 Å². The normalized spacial score (nSPS) is 18.0. The van der Waals surface area contributed by atoms with Gasteiger partial charge in [0.25, 0.3) is 5.91 Å². The van der Waals surface area contributed by atoms with Crippen molar-refractivity contribution in [2.24, 2.45) is 0 Å². The maximum Gasteiger partial charge on any atom is 0.254 e. The number of aromatic nitrogens is 2. The number of aryl methyl sites for hydroxylation is 1. The van der Waals surface area contributed by atoms with E-state index in [9.17, 15) is 10.1 Å². The average molecular weight is 382 g/mol. The Balaban J connectivity index is 1.40. The summed E-state index contributed by atoms with van der Waals surface area (Å²) in [6, 6.07) is 18.1. The van der Waals surface area contributed by atoms with Gasteiger partial charge < -0.3 is 4.90 Å². The second kappa shape index (κ2) is 7.21. The van der Waals surface area contributed by atoms with Crippen molar-refractivity contribution in [3.05, 3.63) is 77.1 Å². The first-order valence-electron chi connectivity index (χ1n) is 10.2. The number of hydrogen-bond acceptors (Lipinski definition) is 3. The Morgan fingerprint density at radius 1 is 1.07 bits per heavy atom. The second-order valence-corrected chi connectivity index (χ2v) is 7.95. The molecule has 1 atom stereocenters. The first-order chi connectivity index (χ1) is 14.2. The number of H-pyrrole nitrogens is 1. The summed E-state index contributed by atoms with van der Waals surface area (Å²) in [4.78, 5) is 15.5. The van der Waals surface area contributed by atoms with Crippen molar-refractivity contribution in [2.75, 3.05) is 0 Å². The van der Waals surface area contributed by atoms with Gasteiger partial charge in [0.05, 0.1) is 17.8 Å². The van der Waals surface area contributed by atoms with Crippen LogP contribution in [-0.4, -0.2) is 33.1 Å². The van der Waals surface area contributed by atoms with Crippen LogP contribution in [0.25, 0.3) is 11.1 Å². The fourth-order valence-corrected chi connectivity index (χ4v) is 4.39. The summed E-state index contributed by atoms with van der Waals surface area (Å²) in [5.74, 6) is 0.115. The largest absolute Gasteiger partial charge is 0.332 e. The molecule has 1 aromatic heterocycles. The number of hydrogen-bond donors (Lipinski definition) is 1. The molecule has 0 saturated heterocycles. The van der Waals surface area contributed by atoms with Gasteiger partial charge in [-0.15, -0.1) is 0 Å². The van der Waals surface area contributed by atoms with Crippen LogP contribution in [0.15, 0.2) is 54.7 Å². The van der Waals surface area contributed by atoms with E-state index in [1.807, 2.05) is 54.7 Å². The van der Waals surface area contributed by atoms with E-state index in [0.29, 0.717) is 17.2 Å². The minimum absolute atomic E-state index is 0.115. The molecule has 1 unspecified atom stereocenters. The molecule has 0 bridgehead atoms. The Labute approximate surface area is 170 Å². The molecule has 144 valence electrons. The lowest BCUT2D eigenvalue weighted by Gasteiger charge is -2.34. The van der Waals surface area contributed by atoms with Gasteiger partial charge in [-0.25, -0.2) is 0 Å². The number of benzene rings is 2. The number of rotatable bonds is 4. The third kappa shape index (κ3) is 3.31. The number of carbonyl (C=O) groups excluding carboxylic acids is 1. The predicted molar refractivity (Wildman–Crippen MR) is 110 cm³/mol. The Kier molecular flexibility index (Phi) is 4.40. The highest BCUT2D eigenvalue weighted by Crippen LogP contribution is 2.35. The fraction of sp³-hybridized carbons (Fsp3) is 0.292. The Bertz CT molecular complexity index is 1090. The van der Waals surface area contributed by atoms with Gasteiger partial charge in [0.2, 0.25) is 0 Å². The van der Waals surface area contributed by atoms with Crippen molar-refractivity contribution in [3.63, 3.8) is 0 Å². The van der Waals surface area contributed by atoms with Gasteiger partial charge in [-0.05, 0) is 67.0 Å². The molecular formula is C24H22N4O. The Morgan fingerprint density at radius 2 is 1.86 bits per heavy atom. The van der Waals surface area contributed by atoms with Gasteiger partial charge in [0.15, 0.2) is 0 Å². The average Bonchev–Trinajstić information content (AvgIpc) is 3.49. The highest BCUT2D eigenvalue weighted by molar-refractivity contribution is 5.95. The molecule has 1 heterocycles. The molecule has 5 nitrogen and oxygen atoms in total. The van der Waals surface area contributed by atoms with Crippen LogP contribution in [0, 0.1) is 11.3 Å². The van der Waals surface area contributed by atoms with E-state index in [-0.39, 0.29) is 11.9 Å². The monoisotopic (exact) mass is 382 g/mol. The van der Waals surface area contributed by atoms with Crippen LogP contribution in [0.3, 0.4) is 0 Å². The van der Waals surface area contributed by atoms with Crippen molar-refractivity contribution < 1.29 is 4.79 Å². The molecule has 0 radical (unpaired) electrons. The van der Waals surface area contributed by atoms with Gasteiger partial charge in [0, 0.05) is 23.3 Å². The standard InChI is InChI=1S/C24H22N4O/c25-14-18-3-1-2-4-22(18)16-5-7-17(8-6-16)24(29)28(20-9-10-20)21-11-12-23-19(13-21)15-26-27-23/h1-8,15,20-21H,9-13H2,(H,26,27). The molecule has 2 aromatic carbocycles. The van der Waals surface area contributed by atoms with Crippen molar-refractivity contribution in [1.29, 1.82) is 5.26 Å². The molecule has 29 heavy (non-hydrogen) atoms.